The van der Waals surface area contributed by atoms with E-state index in [0.717, 1.165) is 34.6 Å². The molecule has 0 bridgehead atoms. The van der Waals surface area contributed by atoms with Crippen LogP contribution in [-0.4, -0.2) is 13.7 Å². The highest BCUT2D eigenvalue weighted by molar-refractivity contribution is 5.31. The second-order valence-electron chi connectivity index (χ2n) is 8.94. The first-order valence-electron chi connectivity index (χ1n) is 12.8. The summed E-state index contributed by atoms with van der Waals surface area (Å²) >= 11 is 0. The molecule has 37 heavy (non-hydrogen) atoms. The topological polar surface area (TPSA) is 51.8 Å². The Morgan fingerprint density at radius 3 is 1.43 bits per heavy atom. The molecule has 0 aromatic heterocycles. The Balaban J connectivity index is 1.31. The van der Waals surface area contributed by atoms with Crippen LogP contribution in [0, 0.1) is 0 Å². The van der Waals surface area contributed by atoms with Crippen molar-refractivity contribution in [2.75, 3.05) is 13.7 Å². The summed E-state index contributed by atoms with van der Waals surface area (Å²) in [7, 11) is 1.72. The number of hydrogen-bond acceptors (Lipinski definition) is 5. The van der Waals surface area contributed by atoms with E-state index in [1.54, 1.807) is 7.11 Å². The van der Waals surface area contributed by atoms with Crippen LogP contribution in [0.3, 0.4) is 0 Å². The van der Waals surface area contributed by atoms with Gasteiger partial charge in [-0.1, -0.05) is 91.9 Å². The maximum absolute atomic E-state index is 5.94. The van der Waals surface area contributed by atoms with Crippen LogP contribution in [0.2, 0.25) is 0 Å². The molecule has 4 rings (SSSR count). The van der Waals surface area contributed by atoms with Gasteiger partial charge in [-0.2, -0.15) is 0 Å². The third kappa shape index (κ3) is 8.19. The van der Waals surface area contributed by atoms with Gasteiger partial charge in [0, 0.05) is 13.2 Å². The van der Waals surface area contributed by atoms with E-state index in [1.165, 1.54) is 5.56 Å². The van der Waals surface area contributed by atoms with E-state index in [4.69, 9.17) is 14.2 Å². The molecule has 192 valence electrons. The van der Waals surface area contributed by atoms with Crippen LogP contribution in [0.25, 0.3) is 0 Å². The van der Waals surface area contributed by atoms with E-state index in [2.05, 4.69) is 66.3 Å². The molecule has 0 saturated carbocycles. The monoisotopic (exact) mass is 496 g/mol. The number of methoxy groups -OCH3 is 1. The number of hydrogen-bond donors (Lipinski definition) is 2. The Morgan fingerprint density at radius 1 is 0.568 bits per heavy atom. The largest absolute Gasteiger partial charge is 0.489 e. The summed E-state index contributed by atoms with van der Waals surface area (Å²) < 4.78 is 17.4. The predicted octanol–water partition coefficient (Wildman–Crippen LogP) is 6.78. The molecule has 0 aliphatic carbocycles. The van der Waals surface area contributed by atoms with Crippen LogP contribution in [0.5, 0.6) is 11.5 Å². The van der Waals surface area contributed by atoms with Gasteiger partial charge in [-0.15, -0.1) is 0 Å². The molecule has 0 spiro atoms. The first kappa shape index (κ1) is 26.4. The zero-order chi connectivity index (χ0) is 25.7. The smallest absolute Gasteiger partial charge is 0.119 e. The minimum absolute atomic E-state index is 0.00398. The highest BCUT2D eigenvalue weighted by Gasteiger charge is 2.15. The Morgan fingerprint density at radius 2 is 1.00 bits per heavy atom. The quantitative estimate of drug-likeness (QED) is 0.189. The molecular formula is C32H36N2O3. The number of hydrazine groups is 1. The van der Waals surface area contributed by atoms with Gasteiger partial charge in [0.2, 0.25) is 0 Å². The Labute approximate surface area is 220 Å². The summed E-state index contributed by atoms with van der Waals surface area (Å²) in [6, 6.07) is 37.0. The molecule has 2 N–H and O–H groups in total. The maximum atomic E-state index is 5.94. The first-order chi connectivity index (χ1) is 18.2. The Bertz CT molecular complexity index is 1170. The lowest BCUT2D eigenvalue weighted by Gasteiger charge is -2.24. The van der Waals surface area contributed by atoms with Crippen molar-refractivity contribution in [1.82, 2.24) is 10.9 Å². The predicted molar refractivity (Wildman–Crippen MR) is 148 cm³/mol. The minimum Gasteiger partial charge on any atom is -0.489 e. The minimum atomic E-state index is -0.00398. The Kier molecular flexibility index (Phi) is 10.1. The van der Waals surface area contributed by atoms with Gasteiger partial charge in [0.1, 0.15) is 24.7 Å². The number of ether oxygens (including phenoxy) is 3. The molecule has 4 aromatic carbocycles. The van der Waals surface area contributed by atoms with Gasteiger partial charge in [-0.25, -0.2) is 10.9 Å². The number of nitrogens with one attached hydrogen (secondary N) is 2. The fourth-order valence-corrected chi connectivity index (χ4v) is 4.08. The molecule has 0 amide bonds. The van der Waals surface area contributed by atoms with Crippen LogP contribution >= 0.6 is 0 Å². The van der Waals surface area contributed by atoms with Gasteiger partial charge in [0.15, 0.2) is 0 Å². The standard InChI is InChI=1S/C32H36N2O3/c1-3-31(27-14-18-29(19-15-27)36-22-25-10-6-4-7-11-25)33-34-32(24-35-2)28-16-20-30(21-17-28)37-23-26-12-8-5-9-13-26/h4-21,31-34H,3,22-24H2,1-2H3. The summed E-state index contributed by atoms with van der Waals surface area (Å²) in [6.45, 7) is 3.82. The van der Waals surface area contributed by atoms with Crippen LogP contribution in [-0.2, 0) is 18.0 Å². The van der Waals surface area contributed by atoms with Gasteiger partial charge in [-0.3, -0.25) is 0 Å². The van der Waals surface area contributed by atoms with Crippen LogP contribution in [0.1, 0.15) is 47.7 Å². The summed E-state index contributed by atoms with van der Waals surface area (Å²) in [5.41, 5.74) is 11.6. The molecule has 0 saturated heterocycles. The first-order valence-corrected chi connectivity index (χ1v) is 12.8. The summed E-state index contributed by atoms with van der Waals surface area (Å²) in [6.07, 6.45) is 0.934. The molecule has 0 aliphatic rings. The molecule has 0 aliphatic heterocycles. The van der Waals surface area contributed by atoms with Crippen molar-refractivity contribution in [3.63, 3.8) is 0 Å². The maximum Gasteiger partial charge on any atom is 0.119 e. The van der Waals surface area contributed by atoms with Crippen molar-refractivity contribution in [2.24, 2.45) is 0 Å². The highest BCUT2D eigenvalue weighted by Crippen LogP contribution is 2.23. The van der Waals surface area contributed by atoms with Crippen molar-refractivity contribution in [1.29, 1.82) is 0 Å². The molecule has 4 aromatic rings. The molecule has 2 atom stereocenters. The van der Waals surface area contributed by atoms with E-state index in [0.29, 0.717) is 19.8 Å². The summed E-state index contributed by atoms with van der Waals surface area (Å²) in [5.74, 6) is 1.71. The molecule has 5 heteroatoms. The molecule has 2 unspecified atom stereocenters. The zero-order valence-corrected chi connectivity index (χ0v) is 21.6. The van der Waals surface area contributed by atoms with Gasteiger partial charge in [-0.05, 0) is 52.9 Å². The molecular weight excluding hydrogens is 460 g/mol. The van der Waals surface area contributed by atoms with E-state index in [9.17, 15) is 0 Å². The molecule has 0 heterocycles. The lowest BCUT2D eigenvalue weighted by atomic mass is 10.0. The van der Waals surface area contributed by atoms with Crippen molar-refractivity contribution in [2.45, 2.75) is 38.6 Å². The molecule has 5 nitrogen and oxygen atoms in total. The summed E-state index contributed by atoms with van der Waals surface area (Å²) in [4.78, 5) is 0. The number of benzene rings is 4. The SMILES string of the molecule is CCC(NNC(COC)c1ccc(OCc2ccccc2)cc1)c1ccc(OCc2ccccc2)cc1. The lowest BCUT2D eigenvalue weighted by Crippen LogP contribution is -2.39. The summed E-state index contributed by atoms with van der Waals surface area (Å²) in [5, 5.41) is 0. The van der Waals surface area contributed by atoms with Crippen LogP contribution < -0.4 is 20.3 Å². The van der Waals surface area contributed by atoms with E-state index in [1.807, 2.05) is 60.7 Å². The van der Waals surface area contributed by atoms with Crippen molar-refractivity contribution >= 4 is 0 Å². The third-order valence-corrected chi connectivity index (χ3v) is 6.23. The lowest BCUT2D eigenvalue weighted by molar-refractivity contribution is 0.155. The average molecular weight is 497 g/mol. The van der Waals surface area contributed by atoms with Crippen LogP contribution in [0.4, 0.5) is 0 Å². The molecule has 0 fully saturated rings. The van der Waals surface area contributed by atoms with Gasteiger partial charge >= 0.3 is 0 Å². The van der Waals surface area contributed by atoms with Crippen molar-refractivity contribution in [3.05, 3.63) is 131 Å². The van der Waals surface area contributed by atoms with Crippen LogP contribution in [0.15, 0.2) is 109 Å². The van der Waals surface area contributed by atoms with Crippen molar-refractivity contribution < 1.29 is 14.2 Å². The van der Waals surface area contributed by atoms with Crippen molar-refractivity contribution in [3.8, 4) is 11.5 Å². The normalized spacial score (nSPS) is 12.6. The average Bonchev–Trinajstić information content (AvgIpc) is 2.97. The zero-order valence-electron chi connectivity index (χ0n) is 21.6. The van der Waals surface area contributed by atoms with E-state index >= 15 is 0 Å². The van der Waals surface area contributed by atoms with Gasteiger partial charge in [0.05, 0.1) is 12.6 Å². The van der Waals surface area contributed by atoms with Gasteiger partial charge in [0.25, 0.3) is 0 Å². The second-order valence-corrected chi connectivity index (χ2v) is 8.94. The fourth-order valence-electron chi connectivity index (χ4n) is 4.08. The fraction of sp³-hybridized carbons (Fsp3) is 0.250. The second kappa shape index (κ2) is 14.2. The third-order valence-electron chi connectivity index (χ3n) is 6.23. The molecule has 0 radical (unpaired) electrons. The van der Waals surface area contributed by atoms with E-state index in [-0.39, 0.29) is 12.1 Å². The number of rotatable bonds is 14. The Hall–Kier alpha value is -3.64. The van der Waals surface area contributed by atoms with Gasteiger partial charge < -0.3 is 14.2 Å². The van der Waals surface area contributed by atoms with E-state index < -0.39 is 0 Å². The highest BCUT2D eigenvalue weighted by atomic mass is 16.5.